The van der Waals surface area contributed by atoms with Gasteiger partial charge in [0, 0.05) is 18.6 Å². The molecule has 3 aromatic carbocycles. The molecule has 0 amide bonds. The van der Waals surface area contributed by atoms with E-state index < -0.39 is 0 Å². The smallest absolute Gasteiger partial charge is 0.668 e. The van der Waals surface area contributed by atoms with Crippen molar-refractivity contribution in [1.29, 1.82) is 0 Å². The van der Waals surface area contributed by atoms with E-state index in [2.05, 4.69) is 57.8 Å². The van der Waals surface area contributed by atoms with Crippen molar-refractivity contribution in [2.24, 2.45) is 0 Å². The third kappa shape index (κ3) is 5.11. The first kappa shape index (κ1) is 23.9. The van der Waals surface area contributed by atoms with E-state index in [-0.39, 0.29) is 32.1 Å². The van der Waals surface area contributed by atoms with Crippen LogP contribution in [0.25, 0.3) is 27.7 Å². The van der Waals surface area contributed by atoms with E-state index in [1.54, 1.807) is 6.07 Å². The zero-order valence-electron chi connectivity index (χ0n) is 18.7. The molecule has 1 unspecified atom stereocenters. The van der Waals surface area contributed by atoms with Gasteiger partial charge in [-0.1, -0.05) is 42.8 Å². The molecule has 0 radical (unpaired) electrons. The Bertz CT molecular complexity index is 1270. The van der Waals surface area contributed by atoms with Crippen molar-refractivity contribution in [1.82, 2.24) is 9.88 Å². The Labute approximate surface area is 213 Å². The van der Waals surface area contributed by atoms with Crippen molar-refractivity contribution in [2.75, 3.05) is 6.54 Å². The van der Waals surface area contributed by atoms with Crippen LogP contribution in [0.3, 0.4) is 0 Å². The van der Waals surface area contributed by atoms with Crippen LogP contribution in [0.1, 0.15) is 22.9 Å². The van der Waals surface area contributed by atoms with E-state index in [9.17, 15) is 4.39 Å². The summed E-state index contributed by atoms with van der Waals surface area (Å²) in [6.07, 6.45) is 7.12. The average Bonchev–Trinajstić information content (AvgIpc) is 3.36. The van der Waals surface area contributed by atoms with Crippen LogP contribution >= 0.6 is 0 Å². The van der Waals surface area contributed by atoms with Gasteiger partial charge in [-0.05, 0) is 41.7 Å². The minimum atomic E-state index is -0.288. The predicted octanol–water partition coefficient (Wildman–Crippen LogP) is 6.86. The Kier molecular flexibility index (Phi) is 7.56. The summed E-state index contributed by atoms with van der Waals surface area (Å²) < 4.78 is 13.0. The Morgan fingerprint density at radius 1 is 1.06 bits per heavy atom. The van der Waals surface area contributed by atoms with E-state index in [0.717, 1.165) is 40.9 Å². The fourth-order valence-corrected chi connectivity index (χ4v) is 4.17. The number of nitrogens with zero attached hydrogens (tertiary/aromatic N) is 3. The number of hydrogen-bond acceptors (Lipinski definition) is 2. The van der Waals surface area contributed by atoms with Crippen LogP contribution in [0.4, 0.5) is 4.39 Å². The summed E-state index contributed by atoms with van der Waals surface area (Å²) >= 11 is 0. The van der Waals surface area contributed by atoms with E-state index in [0.29, 0.717) is 0 Å². The van der Waals surface area contributed by atoms with Crippen molar-refractivity contribution in [3.05, 3.63) is 131 Å². The third-order valence-electron chi connectivity index (χ3n) is 5.91. The van der Waals surface area contributed by atoms with Crippen LogP contribution in [-0.2, 0) is 26.5 Å². The molecule has 0 saturated heterocycles. The third-order valence-corrected chi connectivity index (χ3v) is 5.91. The van der Waals surface area contributed by atoms with Crippen LogP contribution in [0.5, 0.6) is 0 Å². The molecule has 0 spiro atoms. The van der Waals surface area contributed by atoms with Crippen LogP contribution in [0, 0.1) is 24.9 Å². The molecule has 3 nitrogen and oxygen atoms in total. The summed E-state index contributed by atoms with van der Waals surface area (Å²) in [5, 5.41) is 4.41. The van der Waals surface area contributed by atoms with Gasteiger partial charge >= 0.3 is 20.1 Å². The maximum Gasteiger partial charge on any atom is 3.00 e. The first-order valence-electron chi connectivity index (χ1n) is 11.0. The molecule has 0 bridgehead atoms. The number of pyridine rings is 1. The molecular weight excluding hydrogens is 602 g/mol. The molecule has 6 rings (SSSR count). The van der Waals surface area contributed by atoms with Gasteiger partial charge in [0.1, 0.15) is 0 Å². The number of aryl methyl sites for hydroxylation is 1. The van der Waals surface area contributed by atoms with Crippen molar-refractivity contribution in [3.63, 3.8) is 0 Å². The van der Waals surface area contributed by atoms with Crippen LogP contribution in [-0.4, -0.2) is 16.4 Å². The number of rotatable bonds is 2. The maximum absolute atomic E-state index is 13.0. The molecule has 2 aliphatic heterocycles. The molecular formula is C29H23FIrN3. The minimum Gasteiger partial charge on any atom is -0.668 e. The molecule has 170 valence electrons. The summed E-state index contributed by atoms with van der Waals surface area (Å²) in [5.74, 6) is -0.288. The topological polar surface area (TPSA) is 30.2 Å². The largest absolute Gasteiger partial charge is 3.00 e. The van der Waals surface area contributed by atoms with Crippen LogP contribution < -0.4 is 0 Å². The van der Waals surface area contributed by atoms with Gasteiger partial charge in [-0.3, -0.25) is 4.39 Å². The second kappa shape index (κ2) is 10.8. The van der Waals surface area contributed by atoms with Gasteiger partial charge in [-0.25, -0.2) is 0 Å². The number of hydrogen-bond donors (Lipinski definition) is 0. The quantitative estimate of drug-likeness (QED) is 0.228. The van der Waals surface area contributed by atoms with E-state index in [1.165, 1.54) is 23.3 Å². The standard InChI is InChI=1S/C18H13FN.C11H10N2.Ir/c1-13-12-20-18(15-7-9-16(19)10-8-15)11-17(13)14-5-3-2-4-6-14;1-2-4-10-9(3-1)5-7-13-8-6-12-11(10)13;/h2-7,9-12H,1H3;1-3,6,8,11H,5,7H2;/q-1;-2;+3. The molecule has 1 atom stereocenters. The van der Waals surface area contributed by atoms with Crippen molar-refractivity contribution in [2.45, 2.75) is 19.5 Å². The zero-order chi connectivity index (χ0) is 22.6. The summed E-state index contributed by atoms with van der Waals surface area (Å²) in [4.78, 5) is 6.67. The normalized spacial score (nSPS) is 15.2. The van der Waals surface area contributed by atoms with Gasteiger partial charge in [0.25, 0.3) is 0 Å². The van der Waals surface area contributed by atoms with E-state index in [4.69, 9.17) is 0 Å². The first-order valence-corrected chi connectivity index (χ1v) is 11.0. The summed E-state index contributed by atoms with van der Waals surface area (Å²) in [6, 6.07) is 29.0. The monoisotopic (exact) mass is 625 g/mol. The van der Waals surface area contributed by atoms with Crippen molar-refractivity contribution >= 4 is 0 Å². The van der Waals surface area contributed by atoms with Crippen molar-refractivity contribution in [3.8, 4) is 22.4 Å². The molecule has 1 aromatic heterocycles. The number of fused-ring (bicyclic) bond motifs is 3. The molecule has 0 aliphatic carbocycles. The SMILES string of the molecule is Cc1cnc(-c2[c-]cc(F)cc2)cc1-c1ccccc1.[Ir+3].[c-]1cccc2c1C1[N-]C=CN1CC2. The van der Waals surface area contributed by atoms with Gasteiger partial charge in [-0.15, -0.1) is 29.8 Å². The predicted molar refractivity (Wildman–Crippen MR) is 130 cm³/mol. The molecule has 5 heteroatoms. The number of benzene rings is 3. The molecule has 3 heterocycles. The Morgan fingerprint density at radius 2 is 1.91 bits per heavy atom. The fraction of sp³-hybridized carbons (Fsp3) is 0.138. The van der Waals surface area contributed by atoms with E-state index >= 15 is 0 Å². The molecule has 34 heavy (non-hydrogen) atoms. The molecule has 2 aliphatic rings. The number of halogens is 1. The summed E-state index contributed by atoms with van der Waals surface area (Å²) in [5.41, 5.74) is 7.64. The summed E-state index contributed by atoms with van der Waals surface area (Å²) in [7, 11) is 0. The minimum absolute atomic E-state index is 0. The fourth-order valence-electron chi connectivity index (χ4n) is 4.17. The van der Waals surface area contributed by atoms with E-state index in [1.807, 2.05) is 49.7 Å². The second-order valence-electron chi connectivity index (χ2n) is 8.09. The Morgan fingerprint density at radius 3 is 2.71 bits per heavy atom. The Balaban J connectivity index is 0.000000169. The van der Waals surface area contributed by atoms with Gasteiger partial charge in [0.15, 0.2) is 0 Å². The number of aromatic nitrogens is 1. The van der Waals surface area contributed by atoms with Crippen LogP contribution in [0.15, 0.2) is 91.4 Å². The van der Waals surface area contributed by atoms with Gasteiger partial charge < -0.3 is 15.2 Å². The maximum atomic E-state index is 13.0. The van der Waals surface area contributed by atoms with Gasteiger partial charge in [0.2, 0.25) is 0 Å². The van der Waals surface area contributed by atoms with Crippen LogP contribution in [0.2, 0.25) is 0 Å². The Hall–Kier alpha value is -3.27. The van der Waals surface area contributed by atoms with Gasteiger partial charge in [0.05, 0.1) is 0 Å². The second-order valence-corrected chi connectivity index (χ2v) is 8.09. The summed E-state index contributed by atoms with van der Waals surface area (Å²) in [6.45, 7) is 3.11. The molecule has 0 saturated carbocycles. The van der Waals surface area contributed by atoms with Gasteiger partial charge in [-0.2, -0.15) is 41.6 Å². The first-order chi connectivity index (χ1) is 16.2. The van der Waals surface area contributed by atoms with Crippen molar-refractivity contribution < 1.29 is 24.5 Å². The zero-order valence-corrected chi connectivity index (χ0v) is 21.1. The molecule has 0 fully saturated rings. The molecule has 4 aromatic rings. The molecule has 0 N–H and O–H groups in total. The average molecular weight is 625 g/mol.